The molecule has 0 bridgehead atoms. The molecule has 2 saturated carbocycles. The van der Waals surface area contributed by atoms with Crippen molar-refractivity contribution in [3.63, 3.8) is 0 Å². The van der Waals surface area contributed by atoms with Crippen LogP contribution in [0.15, 0.2) is 0 Å². The Labute approximate surface area is 188 Å². The second-order valence-electron chi connectivity index (χ2n) is 13.3. The fourth-order valence-corrected chi connectivity index (χ4v) is 8.01. The van der Waals surface area contributed by atoms with E-state index >= 15 is 0 Å². The molecule has 3 unspecified atom stereocenters. The third-order valence-corrected chi connectivity index (χ3v) is 13.9. The first-order valence-electron chi connectivity index (χ1n) is 12.6. The van der Waals surface area contributed by atoms with Crippen molar-refractivity contribution < 1.29 is 14.6 Å². The van der Waals surface area contributed by atoms with Gasteiger partial charge < -0.3 is 14.6 Å². The van der Waals surface area contributed by atoms with Gasteiger partial charge in [-0.25, -0.2) is 0 Å². The van der Waals surface area contributed by atoms with Crippen LogP contribution in [0, 0.1) is 22.7 Å². The molecule has 0 spiro atoms. The minimum atomic E-state index is -1.78. The van der Waals surface area contributed by atoms with Crippen LogP contribution < -0.4 is 0 Å². The summed E-state index contributed by atoms with van der Waals surface area (Å²) in [6.07, 6.45) is 10.6. The fourth-order valence-electron chi connectivity index (χ4n) is 6.61. The summed E-state index contributed by atoms with van der Waals surface area (Å²) in [4.78, 5) is 0. The first-order valence-corrected chi connectivity index (χ1v) is 15.5. The number of fused-ring (bicyclic) bond motifs is 1. The Morgan fingerprint density at radius 3 is 2.13 bits per heavy atom. The van der Waals surface area contributed by atoms with Crippen LogP contribution in [-0.4, -0.2) is 36.8 Å². The second kappa shape index (κ2) is 9.15. The first kappa shape index (κ1) is 26.4. The molecule has 2 aliphatic rings. The summed E-state index contributed by atoms with van der Waals surface area (Å²) in [5.41, 5.74) is -0.151. The lowest BCUT2D eigenvalue weighted by atomic mass is 9.56. The van der Waals surface area contributed by atoms with Crippen LogP contribution in [-0.2, 0) is 4.43 Å². The van der Waals surface area contributed by atoms with Crippen LogP contribution in [0.2, 0.25) is 18.1 Å². The number of rotatable bonds is 9. The maximum absolute atomic E-state index is 10.2. The molecular formula is C26H52O3Si. The van der Waals surface area contributed by atoms with E-state index < -0.39 is 13.9 Å². The van der Waals surface area contributed by atoms with E-state index in [0.717, 1.165) is 25.7 Å². The zero-order valence-electron chi connectivity index (χ0n) is 21.6. The van der Waals surface area contributed by atoms with Crippen LogP contribution in [0.3, 0.4) is 0 Å². The van der Waals surface area contributed by atoms with Crippen molar-refractivity contribution in [2.24, 2.45) is 22.7 Å². The van der Waals surface area contributed by atoms with Crippen LogP contribution in [0.25, 0.3) is 0 Å². The monoisotopic (exact) mass is 440 g/mol. The molecule has 30 heavy (non-hydrogen) atoms. The average Bonchev–Trinajstić information content (AvgIpc) is 2.91. The SMILES string of the molecule is CC(C)(O)CCCC(C)(CCO)C1CCC2[C@@H](O[Si](C)(C)C(C)(C)C)CCC[C@@]21C. The number of aliphatic hydroxyl groups is 2. The minimum absolute atomic E-state index is 0.141. The molecule has 0 amide bonds. The van der Waals surface area contributed by atoms with E-state index in [1.807, 2.05) is 13.8 Å². The molecule has 5 atom stereocenters. The lowest BCUT2D eigenvalue weighted by molar-refractivity contribution is -0.0511. The van der Waals surface area contributed by atoms with Gasteiger partial charge in [0, 0.05) is 12.7 Å². The van der Waals surface area contributed by atoms with E-state index in [1.165, 1.54) is 32.1 Å². The number of hydrogen-bond acceptors (Lipinski definition) is 3. The van der Waals surface area contributed by atoms with Crippen molar-refractivity contribution in [1.82, 2.24) is 0 Å². The van der Waals surface area contributed by atoms with Gasteiger partial charge in [-0.3, -0.25) is 0 Å². The topological polar surface area (TPSA) is 49.7 Å². The Morgan fingerprint density at radius 2 is 1.60 bits per heavy atom. The Hall–Kier alpha value is 0.0969. The Bertz CT molecular complexity index is 562. The normalized spacial score (nSPS) is 32.7. The third kappa shape index (κ3) is 5.71. The Kier molecular flexibility index (Phi) is 8.04. The van der Waals surface area contributed by atoms with Gasteiger partial charge in [0.25, 0.3) is 0 Å². The molecule has 178 valence electrons. The summed E-state index contributed by atoms with van der Waals surface area (Å²) in [7, 11) is -1.78. The van der Waals surface area contributed by atoms with Gasteiger partial charge in [0.05, 0.1) is 5.60 Å². The molecule has 4 heteroatoms. The summed E-state index contributed by atoms with van der Waals surface area (Å²) < 4.78 is 7.03. The van der Waals surface area contributed by atoms with E-state index in [2.05, 4.69) is 47.7 Å². The van der Waals surface area contributed by atoms with Crippen LogP contribution in [0.5, 0.6) is 0 Å². The highest BCUT2D eigenvalue weighted by Crippen LogP contribution is 2.63. The first-order chi connectivity index (χ1) is 13.6. The van der Waals surface area contributed by atoms with Crippen molar-refractivity contribution in [2.45, 2.75) is 136 Å². The summed E-state index contributed by atoms with van der Waals surface area (Å²) >= 11 is 0. The van der Waals surface area contributed by atoms with E-state index in [-0.39, 0.29) is 17.1 Å². The molecule has 0 radical (unpaired) electrons. The van der Waals surface area contributed by atoms with Gasteiger partial charge in [-0.15, -0.1) is 0 Å². The predicted molar refractivity (Wildman–Crippen MR) is 130 cm³/mol. The maximum atomic E-state index is 10.2. The van der Waals surface area contributed by atoms with Crippen molar-refractivity contribution in [3.05, 3.63) is 0 Å². The predicted octanol–water partition coefficient (Wildman–Crippen LogP) is 6.92. The van der Waals surface area contributed by atoms with Gasteiger partial charge in [-0.05, 0) is 99.6 Å². The smallest absolute Gasteiger partial charge is 0.192 e. The summed E-state index contributed by atoms with van der Waals surface area (Å²) in [5.74, 6) is 1.28. The van der Waals surface area contributed by atoms with Crippen molar-refractivity contribution >= 4 is 8.32 Å². The van der Waals surface area contributed by atoms with Gasteiger partial charge >= 0.3 is 0 Å². The van der Waals surface area contributed by atoms with Crippen molar-refractivity contribution in [3.8, 4) is 0 Å². The van der Waals surface area contributed by atoms with E-state index in [1.54, 1.807) is 0 Å². The lowest BCUT2D eigenvalue weighted by Crippen LogP contribution is -2.51. The average molecular weight is 441 g/mol. The van der Waals surface area contributed by atoms with Gasteiger partial charge in [-0.2, -0.15) is 0 Å². The number of aliphatic hydroxyl groups excluding tert-OH is 1. The summed E-state index contributed by atoms with van der Waals surface area (Å²) in [5, 5.41) is 20.4. The Morgan fingerprint density at radius 1 is 0.967 bits per heavy atom. The molecule has 0 saturated heterocycles. The van der Waals surface area contributed by atoms with Gasteiger partial charge in [0.2, 0.25) is 0 Å². The third-order valence-electron chi connectivity index (χ3n) is 9.38. The van der Waals surface area contributed by atoms with E-state index in [4.69, 9.17) is 4.43 Å². The van der Waals surface area contributed by atoms with Crippen LogP contribution in [0.1, 0.15) is 106 Å². The highest BCUT2D eigenvalue weighted by molar-refractivity contribution is 6.74. The highest BCUT2D eigenvalue weighted by atomic mass is 28.4. The van der Waals surface area contributed by atoms with Gasteiger partial charge in [0.1, 0.15) is 0 Å². The molecular weight excluding hydrogens is 388 g/mol. The second-order valence-corrected chi connectivity index (χ2v) is 18.1. The fraction of sp³-hybridized carbons (Fsp3) is 1.00. The molecule has 0 aromatic heterocycles. The number of hydrogen-bond donors (Lipinski definition) is 2. The highest BCUT2D eigenvalue weighted by Gasteiger charge is 2.57. The van der Waals surface area contributed by atoms with E-state index in [0.29, 0.717) is 23.4 Å². The molecule has 2 N–H and O–H groups in total. The quantitative estimate of drug-likeness (QED) is 0.382. The molecule has 2 aliphatic carbocycles. The summed E-state index contributed by atoms with van der Waals surface area (Å²) in [6, 6.07) is 0. The molecule has 0 aliphatic heterocycles. The van der Waals surface area contributed by atoms with Crippen LogP contribution >= 0.6 is 0 Å². The van der Waals surface area contributed by atoms with Crippen molar-refractivity contribution in [1.29, 1.82) is 0 Å². The van der Waals surface area contributed by atoms with Gasteiger partial charge in [-0.1, -0.05) is 47.5 Å². The standard InChI is InChI=1S/C26H52O3Si/c1-23(2,3)30(8,9)29-21-12-10-17-26(7)20(21)13-14-22(26)25(6,18-19-27)16-11-15-24(4,5)28/h20-22,27-28H,10-19H2,1-9H3/t20?,21-,22?,25?,26-/m0/s1. The zero-order chi connectivity index (χ0) is 23.0. The maximum Gasteiger partial charge on any atom is 0.192 e. The zero-order valence-corrected chi connectivity index (χ0v) is 22.6. The lowest BCUT2D eigenvalue weighted by Gasteiger charge is -2.52. The minimum Gasteiger partial charge on any atom is -0.414 e. The Balaban J connectivity index is 2.21. The largest absolute Gasteiger partial charge is 0.414 e. The summed E-state index contributed by atoms with van der Waals surface area (Å²) in [6.45, 7) is 20.9. The molecule has 0 aromatic rings. The van der Waals surface area contributed by atoms with E-state index in [9.17, 15) is 10.2 Å². The van der Waals surface area contributed by atoms with Crippen LogP contribution in [0.4, 0.5) is 0 Å². The van der Waals surface area contributed by atoms with Gasteiger partial charge in [0.15, 0.2) is 8.32 Å². The molecule has 0 aromatic carbocycles. The molecule has 3 nitrogen and oxygen atoms in total. The molecule has 0 heterocycles. The molecule has 2 rings (SSSR count). The molecule has 2 fully saturated rings. The van der Waals surface area contributed by atoms with Crippen molar-refractivity contribution in [2.75, 3.05) is 6.61 Å².